The largest absolute Gasteiger partial charge is 0.481 e. The van der Waals surface area contributed by atoms with Crippen LogP contribution in [0.2, 0.25) is 0 Å². The maximum atomic E-state index is 10.4. The highest BCUT2D eigenvalue weighted by atomic mass is 16.4. The maximum absolute atomic E-state index is 10.4. The molecule has 1 rings (SSSR count). The van der Waals surface area contributed by atoms with E-state index in [1.54, 1.807) is 0 Å². The van der Waals surface area contributed by atoms with E-state index >= 15 is 0 Å². The molecule has 0 spiro atoms. The molecule has 1 aromatic heterocycles. The predicted molar refractivity (Wildman–Crippen MR) is 99.4 cm³/mol. The normalized spacial score (nSPS) is 11.0. The summed E-state index contributed by atoms with van der Waals surface area (Å²) in [7, 11) is 0. The second kappa shape index (κ2) is 14.1. The van der Waals surface area contributed by atoms with Crippen LogP contribution >= 0.6 is 0 Å². The van der Waals surface area contributed by atoms with Gasteiger partial charge in [-0.1, -0.05) is 64.7 Å². The average molecular weight is 337 g/mol. The molecule has 0 amide bonds. The Kier molecular flexibility index (Phi) is 12.2. The minimum atomic E-state index is -0.669. The molecule has 0 atom stereocenters. The van der Waals surface area contributed by atoms with E-state index < -0.39 is 5.97 Å². The minimum Gasteiger partial charge on any atom is -0.481 e. The Morgan fingerprint density at radius 2 is 1.25 bits per heavy atom. The summed E-state index contributed by atoms with van der Waals surface area (Å²) >= 11 is 0. The Bertz CT molecular complexity index is 422. The van der Waals surface area contributed by atoms with Gasteiger partial charge in [-0.15, -0.1) is 0 Å². The zero-order valence-electron chi connectivity index (χ0n) is 15.5. The zero-order chi connectivity index (χ0) is 17.5. The zero-order valence-corrected chi connectivity index (χ0v) is 15.5. The fourth-order valence-corrected chi connectivity index (χ4v) is 3.05. The van der Waals surface area contributed by atoms with E-state index in [0.29, 0.717) is 6.42 Å². The van der Waals surface area contributed by atoms with Crippen molar-refractivity contribution >= 4 is 5.97 Å². The number of aryl methyl sites for hydroxylation is 2. The second-order valence-electron chi connectivity index (χ2n) is 6.90. The molecule has 0 aromatic carbocycles. The monoisotopic (exact) mass is 336 g/mol. The van der Waals surface area contributed by atoms with Crippen molar-refractivity contribution in [3.8, 4) is 0 Å². The van der Waals surface area contributed by atoms with Gasteiger partial charge in [-0.25, -0.2) is 0 Å². The highest BCUT2D eigenvalue weighted by Gasteiger charge is 2.02. The lowest BCUT2D eigenvalue weighted by Gasteiger charge is -2.01. The molecule has 0 aliphatic heterocycles. The van der Waals surface area contributed by atoms with Crippen molar-refractivity contribution in [2.45, 2.75) is 103 Å². The molecule has 0 unspecified atom stereocenters. The van der Waals surface area contributed by atoms with Gasteiger partial charge in [0.1, 0.15) is 11.5 Å². The number of unbranched alkanes of at least 4 members (excludes halogenated alkanes) is 10. The lowest BCUT2D eigenvalue weighted by atomic mass is 10.1. The lowest BCUT2D eigenvalue weighted by molar-refractivity contribution is -0.137. The molecule has 0 bridgehead atoms. The van der Waals surface area contributed by atoms with Gasteiger partial charge in [0, 0.05) is 19.3 Å². The molecular formula is C21H36O3. The van der Waals surface area contributed by atoms with E-state index in [1.165, 1.54) is 64.2 Å². The van der Waals surface area contributed by atoms with Crippen LogP contribution in [0.15, 0.2) is 16.5 Å². The first-order valence-electron chi connectivity index (χ1n) is 10.0. The summed E-state index contributed by atoms with van der Waals surface area (Å²) in [6.45, 7) is 2.24. The third-order valence-corrected chi connectivity index (χ3v) is 4.56. The van der Waals surface area contributed by atoms with Crippen molar-refractivity contribution in [2.75, 3.05) is 0 Å². The first kappa shape index (κ1) is 20.8. The van der Waals surface area contributed by atoms with Crippen LogP contribution in [0.1, 0.15) is 102 Å². The summed E-state index contributed by atoms with van der Waals surface area (Å²) in [4.78, 5) is 10.4. The predicted octanol–water partition coefficient (Wildman–Crippen LogP) is 6.54. The lowest BCUT2D eigenvalue weighted by Crippen LogP contribution is -1.93. The van der Waals surface area contributed by atoms with E-state index in [2.05, 4.69) is 19.1 Å². The van der Waals surface area contributed by atoms with Gasteiger partial charge >= 0.3 is 5.97 Å². The summed E-state index contributed by atoms with van der Waals surface area (Å²) in [5, 5.41) is 8.57. The number of carboxylic acids is 1. The third-order valence-electron chi connectivity index (χ3n) is 4.56. The minimum absolute atomic E-state index is 0.323. The topological polar surface area (TPSA) is 50.4 Å². The molecule has 0 radical (unpaired) electrons. The van der Waals surface area contributed by atoms with Gasteiger partial charge in [0.25, 0.3) is 0 Å². The van der Waals surface area contributed by atoms with E-state index in [4.69, 9.17) is 9.52 Å². The molecule has 138 valence electrons. The molecule has 3 heteroatoms. The van der Waals surface area contributed by atoms with Crippen LogP contribution in [0, 0.1) is 0 Å². The third kappa shape index (κ3) is 11.3. The molecule has 0 saturated heterocycles. The van der Waals surface area contributed by atoms with Crippen LogP contribution in [-0.4, -0.2) is 11.1 Å². The fraction of sp³-hybridized carbons (Fsp3) is 0.762. The van der Waals surface area contributed by atoms with Gasteiger partial charge in [-0.05, 0) is 31.4 Å². The summed E-state index contributed by atoms with van der Waals surface area (Å²) in [6.07, 6.45) is 17.0. The first-order valence-corrected chi connectivity index (χ1v) is 10.0. The van der Waals surface area contributed by atoms with Crippen molar-refractivity contribution < 1.29 is 14.3 Å². The molecule has 3 nitrogen and oxygen atoms in total. The van der Waals surface area contributed by atoms with Crippen LogP contribution in [-0.2, 0) is 17.6 Å². The van der Waals surface area contributed by atoms with Crippen LogP contribution in [0.3, 0.4) is 0 Å². The Hall–Kier alpha value is -1.25. The van der Waals surface area contributed by atoms with Crippen molar-refractivity contribution in [3.63, 3.8) is 0 Å². The molecule has 0 aliphatic rings. The highest BCUT2D eigenvalue weighted by molar-refractivity contribution is 5.66. The molecule has 1 N–H and O–H groups in total. The number of hydrogen-bond donors (Lipinski definition) is 1. The number of hydrogen-bond acceptors (Lipinski definition) is 2. The van der Waals surface area contributed by atoms with Crippen LogP contribution in [0.25, 0.3) is 0 Å². The van der Waals surface area contributed by atoms with Crippen molar-refractivity contribution in [1.29, 1.82) is 0 Å². The summed E-state index contributed by atoms with van der Waals surface area (Å²) in [6, 6.07) is 4.30. The van der Waals surface area contributed by atoms with Gasteiger partial charge in [-0.2, -0.15) is 0 Å². The number of carbonyl (C=O) groups is 1. The Morgan fingerprint density at radius 3 is 1.75 bits per heavy atom. The van der Waals surface area contributed by atoms with Crippen LogP contribution in [0.5, 0.6) is 0 Å². The molecule has 0 fully saturated rings. The molecule has 24 heavy (non-hydrogen) atoms. The Morgan fingerprint density at radius 1 is 0.792 bits per heavy atom. The smallest absolute Gasteiger partial charge is 0.303 e. The Labute approximate surface area is 147 Å². The summed E-state index contributed by atoms with van der Waals surface area (Å²) in [5.74, 6) is 1.63. The number of carboxylic acid groups (broad SMARTS) is 1. The summed E-state index contributed by atoms with van der Waals surface area (Å²) in [5.41, 5.74) is 0. The van der Waals surface area contributed by atoms with Gasteiger partial charge in [0.15, 0.2) is 0 Å². The van der Waals surface area contributed by atoms with Crippen molar-refractivity contribution in [2.24, 2.45) is 0 Å². The van der Waals surface area contributed by atoms with Crippen LogP contribution < -0.4 is 0 Å². The van der Waals surface area contributed by atoms with Crippen molar-refractivity contribution in [1.82, 2.24) is 0 Å². The van der Waals surface area contributed by atoms with Gasteiger partial charge in [0.05, 0.1) is 0 Å². The number of aliphatic carboxylic acids is 1. The fourth-order valence-electron chi connectivity index (χ4n) is 3.05. The van der Waals surface area contributed by atoms with E-state index in [-0.39, 0.29) is 0 Å². The molecule has 1 heterocycles. The average Bonchev–Trinajstić information content (AvgIpc) is 3.01. The standard InChI is InChI=1S/C21H36O3/c1-2-3-4-11-14-19-17-18-20(24-19)15-12-9-7-5-6-8-10-13-16-21(22)23/h17-18H,2-16H2,1H3,(H,22,23). The first-order chi connectivity index (χ1) is 11.7. The van der Waals surface area contributed by atoms with E-state index in [0.717, 1.165) is 37.2 Å². The number of furan rings is 1. The SMILES string of the molecule is CCCCCCc1ccc(CCCCCCCCCCC(=O)O)o1. The molecule has 0 saturated carbocycles. The number of rotatable bonds is 16. The van der Waals surface area contributed by atoms with E-state index in [9.17, 15) is 4.79 Å². The quantitative estimate of drug-likeness (QED) is 0.349. The highest BCUT2D eigenvalue weighted by Crippen LogP contribution is 2.16. The molecular weight excluding hydrogens is 300 g/mol. The maximum Gasteiger partial charge on any atom is 0.303 e. The second-order valence-corrected chi connectivity index (χ2v) is 6.90. The van der Waals surface area contributed by atoms with Gasteiger partial charge < -0.3 is 9.52 Å². The van der Waals surface area contributed by atoms with Crippen LogP contribution in [0.4, 0.5) is 0 Å². The summed E-state index contributed by atoms with van der Waals surface area (Å²) < 4.78 is 5.91. The van der Waals surface area contributed by atoms with E-state index in [1.807, 2.05) is 0 Å². The Balaban J connectivity index is 1.92. The van der Waals surface area contributed by atoms with Crippen molar-refractivity contribution in [3.05, 3.63) is 23.7 Å². The van der Waals surface area contributed by atoms with Gasteiger partial charge in [-0.3, -0.25) is 4.79 Å². The molecule has 0 aliphatic carbocycles. The molecule has 1 aromatic rings. The van der Waals surface area contributed by atoms with Gasteiger partial charge in [0.2, 0.25) is 0 Å².